The number of nitrogens with zero attached hydrogens (tertiary/aromatic N) is 1. The summed E-state index contributed by atoms with van der Waals surface area (Å²) in [6.07, 6.45) is 2.54. The van der Waals surface area contributed by atoms with Crippen molar-refractivity contribution in [2.75, 3.05) is 24.6 Å². The van der Waals surface area contributed by atoms with Gasteiger partial charge in [-0.05, 0) is 31.9 Å². The molecular formula is C16H23NO2S. The lowest BCUT2D eigenvalue weighted by Crippen LogP contribution is -2.26. The standard InChI is InChI=1S/C16H23NO2S/c1-3-19-16(18)9-6-11-17-12-10-13(2)20-15-8-5-4-7-14(15)17/h4-5,7-8,13H,3,6,9-12H2,1-2H3. The van der Waals surface area contributed by atoms with E-state index in [2.05, 4.69) is 36.1 Å². The van der Waals surface area contributed by atoms with Gasteiger partial charge in [-0.25, -0.2) is 0 Å². The number of fused-ring (bicyclic) bond motifs is 1. The molecule has 2 rings (SSSR count). The van der Waals surface area contributed by atoms with Crippen LogP contribution in [0.3, 0.4) is 0 Å². The Bertz CT molecular complexity index is 450. The van der Waals surface area contributed by atoms with Crippen molar-refractivity contribution in [2.45, 2.75) is 43.3 Å². The van der Waals surface area contributed by atoms with Crippen LogP contribution in [0.15, 0.2) is 29.2 Å². The van der Waals surface area contributed by atoms with E-state index < -0.39 is 0 Å². The number of para-hydroxylation sites is 1. The molecule has 0 amide bonds. The third-order valence-electron chi connectivity index (χ3n) is 3.45. The number of hydrogen-bond donors (Lipinski definition) is 0. The zero-order chi connectivity index (χ0) is 14.4. The van der Waals surface area contributed by atoms with E-state index in [0.717, 1.165) is 19.5 Å². The zero-order valence-corrected chi connectivity index (χ0v) is 13.1. The lowest BCUT2D eigenvalue weighted by molar-refractivity contribution is -0.143. The van der Waals surface area contributed by atoms with Gasteiger partial charge in [0.05, 0.1) is 12.3 Å². The summed E-state index contributed by atoms with van der Waals surface area (Å²) in [6, 6.07) is 8.57. The first-order valence-electron chi connectivity index (χ1n) is 7.37. The van der Waals surface area contributed by atoms with Crippen LogP contribution in [0.4, 0.5) is 5.69 Å². The first kappa shape index (κ1) is 15.2. The van der Waals surface area contributed by atoms with Crippen molar-refractivity contribution in [3.8, 4) is 0 Å². The second kappa shape index (κ2) is 7.58. The van der Waals surface area contributed by atoms with Crippen molar-refractivity contribution in [3.63, 3.8) is 0 Å². The van der Waals surface area contributed by atoms with E-state index in [1.165, 1.54) is 17.0 Å². The van der Waals surface area contributed by atoms with Gasteiger partial charge in [-0.15, -0.1) is 11.8 Å². The van der Waals surface area contributed by atoms with Gasteiger partial charge in [0.25, 0.3) is 0 Å². The van der Waals surface area contributed by atoms with Crippen LogP contribution in [0, 0.1) is 0 Å². The molecule has 0 saturated heterocycles. The monoisotopic (exact) mass is 293 g/mol. The largest absolute Gasteiger partial charge is 0.466 e. The number of anilines is 1. The normalized spacial score (nSPS) is 18.3. The van der Waals surface area contributed by atoms with Crippen molar-refractivity contribution in [1.29, 1.82) is 0 Å². The Balaban J connectivity index is 1.96. The van der Waals surface area contributed by atoms with Crippen molar-refractivity contribution in [2.24, 2.45) is 0 Å². The molecule has 0 spiro atoms. The first-order chi connectivity index (χ1) is 9.70. The molecule has 0 fully saturated rings. The van der Waals surface area contributed by atoms with Crippen LogP contribution in [-0.4, -0.2) is 30.9 Å². The van der Waals surface area contributed by atoms with Crippen LogP contribution in [0.1, 0.15) is 33.1 Å². The molecule has 4 heteroatoms. The Hall–Kier alpha value is -1.16. The SMILES string of the molecule is CCOC(=O)CCCN1CCC(C)Sc2ccccc21. The molecule has 1 unspecified atom stereocenters. The fourth-order valence-electron chi connectivity index (χ4n) is 2.43. The molecule has 1 atom stereocenters. The van der Waals surface area contributed by atoms with Gasteiger partial charge in [-0.1, -0.05) is 19.1 Å². The summed E-state index contributed by atoms with van der Waals surface area (Å²) in [6.45, 7) is 6.59. The molecule has 1 heterocycles. The molecule has 1 aromatic carbocycles. The highest BCUT2D eigenvalue weighted by atomic mass is 32.2. The van der Waals surface area contributed by atoms with E-state index in [9.17, 15) is 4.79 Å². The fraction of sp³-hybridized carbons (Fsp3) is 0.562. The van der Waals surface area contributed by atoms with Gasteiger partial charge in [0.1, 0.15) is 0 Å². The fourth-order valence-corrected chi connectivity index (χ4v) is 3.56. The van der Waals surface area contributed by atoms with E-state index in [-0.39, 0.29) is 5.97 Å². The summed E-state index contributed by atoms with van der Waals surface area (Å²) >= 11 is 1.95. The maximum atomic E-state index is 11.4. The maximum absolute atomic E-state index is 11.4. The number of esters is 1. The van der Waals surface area contributed by atoms with Crippen LogP contribution in [0.25, 0.3) is 0 Å². The molecule has 0 radical (unpaired) electrons. The highest BCUT2D eigenvalue weighted by Crippen LogP contribution is 2.37. The number of rotatable bonds is 5. The molecule has 1 aliphatic heterocycles. The van der Waals surface area contributed by atoms with E-state index >= 15 is 0 Å². The van der Waals surface area contributed by atoms with Gasteiger partial charge in [-0.2, -0.15) is 0 Å². The third-order valence-corrected chi connectivity index (χ3v) is 4.69. The molecule has 0 N–H and O–H groups in total. The second-order valence-corrected chi connectivity index (χ2v) is 6.56. The number of carbonyl (C=O) groups is 1. The average Bonchev–Trinajstić information content (AvgIpc) is 2.58. The molecule has 0 aromatic heterocycles. The molecule has 20 heavy (non-hydrogen) atoms. The minimum absolute atomic E-state index is 0.0849. The molecule has 1 aromatic rings. The van der Waals surface area contributed by atoms with Crippen molar-refractivity contribution >= 4 is 23.4 Å². The molecule has 1 aliphatic rings. The van der Waals surface area contributed by atoms with Gasteiger partial charge in [0.15, 0.2) is 0 Å². The lowest BCUT2D eigenvalue weighted by atomic mass is 10.2. The third kappa shape index (κ3) is 4.17. The molecule has 0 aliphatic carbocycles. The summed E-state index contributed by atoms with van der Waals surface area (Å²) in [4.78, 5) is 15.2. The van der Waals surface area contributed by atoms with E-state index in [1.54, 1.807) is 0 Å². The Kier molecular flexibility index (Phi) is 5.77. The minimum Gasteiger partial charge on any atom is -0.466 e. The van der Waals surface area contributed by atoms with Crippen LogP contribution in [0.2, 0.25) is 0 Å². The van der Waals surface area contributed by atoms with Crippen molar-refractivity contribution < 1.29 is 9.53 Å². The number of benzene rings is 1. The van der Waals surface area contributed by atoms with Crippen molar-refractivity contribution in [3.05, 3.63) is 24.3 Å². The van der Waals surface area contributed by atoms with E-state index in [0.29, 0.717) is 18.3 Å². The van der Waals surface area contributed by atoms with Gasteiger partial charge < -0.3 is 9.64 Å². The summed E-state index contributed by atoms with van der Waals surface area (Å²) < 4.78 is 4.98. The second-order valence-electron chi connectivity index (χ2n) is 5.08. The zero-order valence-electron chi connectivity index (χ0n) is 12.3. The highest BCUT2D eigenvalue weighted by Gasteiger charge is 2.19. The predicted molar refractivity (Wildman–Crippen MR) is 84.5 cm³/mol. The highest BCUT2D eigenvalue weighted by molar-refractivity contribution is 8.00. The van der Waals surface area contributed by atoms with Gasteiger partial charge in [0, 0.05) is 29.7 Å². The minimum atomic E-state index is -0.0849. The maximum Gasteiger partial charge on any atom is 0.305 e. The number of ether oxygens (including phenoxy) is 1. The summed E-state index contributed by atoms with van der Waals surface area (Å²) in [5.41, 5.74) is 1.31. The average molecular weight is 293 g/mol. The van der Waals surface area contributed by atoms with Gasteiger partial charge in [-0.3, -0.25) is 4.79 Å². The lowest BCUT2D eigenvalue weighted by Gasteiger charge is -2.24. The Labute approximate surface area is 125 Å². The van der Waals surface area contributed by atoms with Crippen LogP contribution < -0.4 is 4.90 Å². The van der Waals surface area contributed by atoms with Crippen LogP contribution in [0.5, 0.6) is 0 Å². The first-order valence-corrected chi connectivity index (χ1v) is 8.25. The van der Waals surface area contributed by atoms with E-state index in [1.807, 2.05) is 18.7 Å². The van der Waals surface area contributed by atoms with Crippen molar-refractivity contribution in [1.82, 2.24) is 0 Å². The Morgan fingerprint density at radius 1 is 1.45 bits per heavy atom. The predicted octanol–water partition coefficient (Wildman–Crippen LogP) is 3.72. The summed E-state index contributed by atoms with van der Waals surface area (Å²) in [7, 11) is 0. The number of carbonyl (C=O) groups excluding carboxylic acids is 1. The quantitative estimate of drug-likeness (QED) is 0.774. The van der Waals surface area contributed by atoms with Gasteiger partial charge in [0.2, 0.25) is 0 Å². The summed E-state index contributed by atoms with van der Waals surface area (Å²) in [5, 5.41) is 0.645. The molecular weight excluding hydrogens is 270 g/mol. The Morgan fingerprint density at radius 2 is 2.25 bits per heavy atom. The molecule has 0 saturated carbocycles. The van der Waals surface area contributed by atoms with Crippen LogP contribution >= 0.6 is 11.8 Å². The van der Waals surface area contributed by atoms with Crippen LogP contribution in [-0.2, 0) is 9.53 Å². The molecule has 0 bridgehead atoms. The summed E-state index contributed by atoms with van der Waals surface area (Å²) in [5.74, 6) is -0.0849. The topological polar surface area (TPSA) is 29.5 Å². The molecule has 3 nitrogen and oxygen atoms in total. The number of thioether (sulfide) groups is 1. The smallest absolute Gasteiger partial charge is 0.305 e. The van der Waals surface area contributed by atoms with Gasteiger partial charge >= 0.3 is 5.97 Å². The Morgan fingerprint density at radius 3 is 3.05 bits per heavy atom. The van der Waals surface area contributed by atoms with E-state index in [4.69, 9.17) is 4.74 Å². The number of hydrogen-bond acceptors (Lipinski definition) is 4. The molecule has 110 valence electrons.